The molecular weight excluding hydrogens is 352 g/mol. The lowest BCUT2D eigenvalue weighted by Crippen LogP contribution is -2.26. The summed E-state index contributed by atoms with van der Waals surface area (Å²) in [7, 11) is 2.67. The average Bonchev–Trinajstić information content (AvgIpc) is 2.61. The van der Waals surface area contributed by atoms with Crippen LogP contribution in [0.1, 0.15) is 33.8 Å². The number of halogens is 4. The maximum absolute atomic E-state index is 13.3. The van der Waals surface area contributed by atoms with Crippen LogP contribution in [0.15, 0.2) is 48.5 Å². The number of Topliss-reactive ketones (excluding diaryl/α,β-unsaturated/α-hetero) is 1. The number of ketones is 1. The highest BCUT2D eigenvalue weighted by Gasteiger charge is 2.33. The molecule has 0 N–H and O–H groups in total. The average molecular weight is 370 g/mol. The van der Waals surface area contributed by atoms with Crippen molar-refractivity contribution in [2.24, 2.45) is 0 Å². The van der Waals surface area contributed by atoms with Gasteiger partial charge in [-0.15, -0.1) is 0 Å². The first-order valence-electron chi connectivity index (χ1n) is 7.77. The van der Waals surface area contributed by atoms with Crippen LogP contribution in [-0.2, 0) is 15.7 Å². The smallest absolute Gasteiger partial charge is 0.355 e. The lowest BCUT2D eigenvalue weighted by molar-refractivity contribution is -0.138. The van der Waals surface area contributed by atoms with Gasteiger partial charge in [0.15, 0.2) is 12.1 Å². The van der Waals surface area contributed by atoms with Crippen molar-refractivity contribution in [2.75, 3.05) is 14.2 Å². The Morgan fingerprint density at radius 2 is 1.69 bits per heavy atom. The standard InChI is InChI=1S/C19H18F4O3/c1-25-18(26-2)16(11-17(24)13-6-4-8-15(20)10-13)12-5-3-7-14(9-12)19(21,22)23/h3-10,16,18H,11H2,1-2H3. The van der Waals surface area contributed by atoms with Crippen LogP contribution >= 0.6 is 0 Å². The van der Waals surface area contributed by atoms with Crippen LogP contribution in [0, 0.1) is 5.82 Å². The fraction of sp³-hybridized carbons (Fsp3) is 0.316. The zero-order chi connectivity index (χ0) is 19.3. The minimum atomic E-state index is -4.51. The molecule has 0 aromatic heterocycles. The maximum atomic E-state index is 13.3. The van der Waals surface area contributed by atoms with Gasteiger partial charge in [-0.25, -0.2) is 4.39 Å². The zero-order valence-corrected chi connectivity index (χ0v) is 14.2. The molecule has 0 saturated heterocycles. The number of alkyl halides is 3. The van der Waals surface area contributed by atoms with Crippen molar-refractivity contribution in [3.05, 3.63) is 71.0 Å². The molecule has 26 heavy (non-hydrogen) atoms. The van der Waals surface area contributed by atoms with Gasteiger partial charge in [0.1, 0.15) is 5.82 Å². The molecule has 140 valence electrons. The Bertz CT molecular complexity index is 754. The molecule has 3 nitrogen and oxygen atoms in total. The fourth-order valence-corrected chi connectivity index (χ4v) is 2.72. The molecule has 2 aromatic carbocycles. The summed E-state index contributed by atoms with van der Waals surface area (Å²) in [6.45, 7) is 0. The Balaban J connectivity index is 2.37. The van der Waals surface area contributed by atoms with Gasteiger partial charge < -0.3 is 9.47 Å². The molecule has 1 unspecified atom stereocenters. The van der Waals surface area contributed by atoms with Crippen molar-refractivity contribution in [3.8, 4) is 0 Å². The summed E-state index contributed by atoms with van der Waals surface area (Å²) in [6.07, 6.45) is -5.64. The van der Waals surface area contributed by atoms with Gasteiger partial charge in [-0.1, -0.05) is 30.3 Å². The molecule has 0 aliphatic rings. The van der Waals surface area contributed by atoms with Crippen LogP contribution in [0.5, 0.6) is 0 Å². The third-order valence-corrected chi connectivity index (χ3v) is 3.99. The van der Waals surface area contributed by atoms with E-state index in [-0.39, 0.29) is 17.5 Å². The molecule has 0 heterocycles. The number of methoxy groups -OCH3 is 2. The second-order valence-corrected chi connectivity index (χ2v) is 5.71. The van der Waals surface area contributed by atoms with E-state index >= 15 is 0 Å². The van der Waals surface area contributed by atoms with E-state index in [0.29, 0.717) is 0 Å². The highest BCUT2D eigenvalue weighted by atomic mass is 19.4. The summed E-state index contributed by atoms with van der Waals surface area (Å²) >= 11 is 0. The van der Waals surface area contributed by atoms with Gasteiger partial charge in [-0.3, -0.25) is 4.79 Å². The van der Waals surface area contributed by atoms with E-state index in [4.69, 9.17) is 9.47 Å². The van der Waals surface area contributed by atoms with E-state index in [1.54, 1.807) is 0 Å². The molecule has 0 radical (unpaired) electrons. The SMILES string of the molecule is COC(OC)C(CC(=O)c1cccc(F)c1)c1cccc(C(F)(F)F)c1. The fourth-order valence-electron chi connectivity index (χ4n) is 2.72. The number of rotatable bonds is 7. The summed E-state index contributed by atoms with van der Waals surface area (Å²) in [4.78, 5) is 12.5. The highest BCUT2D eigenvalue weighted by molar-refractivity contribution is 5.96. The second-order valence-electron chi connectivity index (χ2n) is 5.71. The molecule has 0 aliphatic heterocycles. The van der Waals surface area contributed by atoms with E-state index in [0.717, 1.165) is 18.2 Å². The molecule has 0 spiro atoms. The Morgan fingerprint density at radius 3 is 2.27 bits per heavy atom. The van der Waals surface area contributed by atoms with Crippen LogP contribution in [0.4, 0.5) is 17.6 Å². The van der Waals surface area contributed by atoms with Crippen LogP contribution in [0.25, 0.3) is 0 Å². The molecule has 2 rings (SSSR count). The summed E-state index contributed by atoms with van der Waals surface area (Å²) in [6, 6.07) is 9.78. The molecule has 0 bridgehead atoms. The molecule has 0 aliphatic carbocycles. The number of carbonyl (C=O) groups excluding carboxylic acids is 1. The molecule has 1 atom stereocenters. The predicted molar refractivity (Wildman–Crippen MR) is 87.3 cm³/mol. The van der Waals surface area contributed by atoms with Crippen LogP contribution < -0.4 is 0 Å². The minimum absolute atomic E-state index is 0.132. The van der Waals surface area contributed by atoms with Crippen molar-refractivity contribution >= 4 is 5.78 Å². The number of hydrogen-bond acceptors (Lipinski definition) is 3. The molecule has 7 heteroatoms. The van der Waals surface area contributed by atoms with Gasteiger partial charge in [0.05, 0.1) is 5.56 Å². The quantitative estimate of drug-likeness (QED) is 0.398. The predicted octanol–water partition coefficient (Wildman–Crippen LogP) is 4.82. The number of hydrogen-bond donors (Lipinski definition) is 0. The lowest BCUT2D eigenvalue weighted by atomic mass is 9.89. The lowest BCUT2D eigenvalue weighted by Gasteiger charge is -2.25. The van der Waals surface area contributed by atoms with E-state index in [9.17, 15) is 22.4 Å². The molecular formula is C19H18F4O3. The van der Waals surface area contributed by atoms with Crippen LogP contribution in [0.2, 0.25) is 0 Å². The first-order chi connectivity index (χ1) is 12.3. The van der Waals surface area contributed by atoms with E-state index in [2.05, 4.69) is 0 Å². The number of carbonyl (C=O) groups is 1. The monoisotopic (exact) mass is 370 g/mol. The molecule has 0 fully saturated rings. The molecule has 2 aromatic rings. The van der Waals surface area contributed by atoms with Crippen LogP contribution in [-0.4, -0.2) is 26.3 Å². The Labute approximate surface area is 148 Å². The summed E-state index contributed by atoms with van der Waals surface area (Å²) in [5.41, 5.74) is -0.449. The van der Waals surface area contributed by atoms with Crippen LogP contribution in [0.3, 0.4) is 0 Å². The van der Waals surface area contributed by atoms with Crippen molar-refractivity contribution in [2.45, 2.75) is 24.8 Å². The Kier molecular flexibility index (Phi) is 6.50. The number of benzene rings is 2. The van der Waals surface area contributed by atoms with E-state index in [1.807, 2.05) is 0 Å². The summed E-state index contributed by atoms with van der Waals surface area (Å²) in [5.74, 6) is -1.78. The third-order valence-electron chi connectivity index (χ3n) is 3.99. The van der Waals surface area contributed by atoms with Gasteiger partial charge in [-0.2, -0.15) is 13.2 Å². The Morgan fingerprint density at radius 1 is 1.04 bits per heavy atom. The Hall–Kier alpha value is -2.25. The topological polar surface area (TPSA) is 35.5 Å². The van der Waals surface area contributed by atoms with Gasteiger partial charge in [0.25, 0.3) is 0 Å². The maximum Gasteiger partial charge on any atom is 0.416 e. The molecule has 0 amide bonds. The zero-order valence-electron chi connectivity index (χ0n) is 14.2. The van der Waals surface area contributed by atoms with Gasteiger partial charge in [-0.05, 0) is 23.8 Å². The third kappa shape index (κ3) is 4.89. The van der Waals surface area contributed by atoms with Crippen molar-refractivity contribution < 1.29 is 31.8 Å². The van der Waals surface area contributed by atoms with Gasteiger partial charge >= 0.3 is 6.18 Å². The van der Waals surface area contributed by atoms with Gasteiger partial charge in [0, 0.05) is 32.1 Å². The summed E-state index contributed by atoms with van der Waals surface area (Å²) < 4.78 is 62.7. The van der Waals surface area contributed by atoms with Crippen molar-refractivity contribution in [1.29, 1.82) is 0 Å². The first-order valence-corrected chi connectivity index (χ1v) is 7.77. The van der Waals surface area contributed by atoms with Crippen molar-refractivity contribution in [1.82, 2.24) is 0 Å². The summed E-state index contributed by atoms with van der Waals surface area (Å²) in [5, 5.41) is 0. The van der Waals surface area contributed by atoms with Gasteiger partial charge in [0.2, 0.25) is 0 Å². The minimum Gasteiger partial charge on any atom is -0.355 e. The first kappa shape index (κ1) is 20.1. The highest BCUT2D eigenvalue weighted by Crippen LogP contribution is 2.34. The number of ether oxygens (including phenoxy) is 2. The normalized spacial score (nSPS) is 13.0. The van der Waals surface area contributed by atoms with E-state index in [1.165, 1.54) is 44.6 Å². The van der Waals surface area contributed by atoms with Crippen molar-refractivity contribution in [3.63, 3.8) is 0 Å². The molecule has 0 saturated carbocycles. The van der Waals surface area contributed by atoms with E-state index < -0.39 is 35.5 Å². The largest absolute Gasteiger partial charge is 0.416 e. The second kappa shape index (κ2) is 8.42.